The van der Waals surface area contributed by atoms with Gasteiger partial charge in [-0.25, -0.2) is 4.79 Å². The number of carbonyl (C=O) groups is 1. The summed E-state index contributed by atoms with van der Waals surface area (Å²) in [5.74, 6) is 2.85. The summed E-state index contributed by atoms with van der Waals surface area (Å²) in [5.41, 5.74) is 0.992. The highest BCUT2D eigenvalue weighted by Crippen LogP contribution is 2.31. The molecule has 0 saturated carbocycles. The van der Waals surface area contributed by atoms with Crippen molar-refractivity contribution in [2.45, 2.75) is 64.6 Å². The van der Waals surface area contributed by atoms with Crippen molar-refractivity contribution in [2.24, 2.45) is 0 Å². The first-order chi connectivity index (χ1) is 13.8. The Morgan fingerprint density at radius 3 is 2.93 bits per heavy atom. The molecule has 7 heteroatoms. The topological polar surface area (TPSA) is 72.3 Å². The van der Waals surface area contributed by atoms with Gasteiger partial charge in [-0.3, -0.25) is 0 Å². The highest BCUT2D eigenvalue weighted by Gasteiger charge is 2.33. The number of carbonyl (C=O) groups excluding carboxylic acids is 1. The van der Waals surface area contributed by atoms with E-state index in [1.807, 2.05) is 36.1 Å². The van der Waals surface area contributed by atoms with Crippen LogP contribution in [0, 0.1) is 0 Å². The quantitative estimate of drug-likeness (QED) is 0.858. The minimum Gasteiger partial charge on any atom is -0.494 e. The number of piperidine rings is 1. The smallest absolute Gasteiger partial charge is 0.318 e. The maximum atomic E-state index is 13.0. The van der Waals surface area contributed by atoms with Crippen LogP contribution in [0.5, 0.6) is 5.75 Å². The molecule has 1 N–H and O–H groups in total. The normalized spacial score (nSPS) is 19.2. The number of nitrogens with one attached hydrogen (secondary N) is 1. The van der Waals surface area contributed by atoms with Gasteiger partial charge in [0.1, 0.15) is 11.6 Å². The van der Waals surface area contributed by atoms with Crippen molar-refractivity contribution < 1.29 is 9.53 Å². The summed E-state index contributed by atoms with van der Waals surface area (Å²) in [6.07, 6.45) is 6.41. The van der Waals surface area contributed by atoms with Crippen LogP contribution >= 0.6 is 0 Å². The molecule has 1 unspecified atom stereocenters. The predicted molar refractivity (Wildman–Crippen MR) is 106 cm³/mol. The fourth-order valence-electron chi connectivity index (χ4n) is 4.24. The Hall–Kier alpha value is -2.57. The zero-order valence-electron chi connectivity index (χ0n) is 16.6. The number of para-hydroxylation sites is 1. The predicted octanol–water partition coefficient (Wildman–Crippen LogP) is 3.45. The van der Waals surface area contributed by atoms with Gasteiger partial charge in [0.05, 0.1) is 12.6 Å². The van der Waals surface area contributed by atoms with Gasteiger partial charge in [-0.1, -0.05) is 18.2 Å². The van der Waals surface area contributed by atoms with E-state index < -0.39 is 0 Å². The lowest BCUT2D eigenvalue weighted by atomic mass is 10.0. The van der Waals surface area contributed by atoms with Crippen molar-refractivity contribution in [3.05, 3.63) is 41.5 Å². The molecule has 28 heavy (non-hydrogen) atoms. The number of nitrogens with zero attached hydrogens (tertiary/aromatic N) is 4. The van der Waals surface area contributed by atoms with Gasteiger partial charge < -0.3 is 19.5 Å². The molecule has 1 fully saturated rings. The number of hydrogen-bond donors (Lipinski definition) is 1. The van der Waals surface area contributed by atoms with E-state index in [-0.39, 0.29) is 12.1 Å². The van der Waals surface area contributed by atoms with Gasteiger partial charge in [-0.05, 0) is 45.1 Å². The van der Waals surface area contributed by atoms with Crippen LogP contribution < -0.4 is 10.1 Å². The first-order valence-electron chi connectivity index (χ1n) is 10.4. The summed E-state index contributed by atoms with van der Waals surface area (Å²) in [6.45, 7) is 4.75. The lowest BCUT2D eigenvalue weighted by molar-refractivity contribution is 0.144. The molecule has 2 aliphatic heterocycles. The van der Waals surface area contributed by atoms with Crippen LogP contribution in [-0.4, -0.2) is 38.8 Å². The van der Waals surface area contributed by atoms with Crippen molar-refractivity contribution in [2.75, 3.05) is 13.2 Å². The van der Waals surface area contributed by atoms with Crippen LogP contribution in [0.25, 0.3) is 0 Å². The number of hydrogen-bond acceptors (Lipinski definition) is 4. The Balaban J connectivity index is 1.47. The van der Waals surface area contributed by atoms with Crippen molar-refractivity contribution >= 4 is 6.03 Å². The molecule has 1 aromatic carbocycles. The van der Waals surface area contributed by atoms with Gasteiger partial charge in [0.2, 0.25) is 0 Å². The number of aromatic nitrogens is 3. The highest BCUT2D eigenvalue weighted by atomic mass is 16.5. The second-order valence-electron chi connectivity index (χ2n) is 7.49. The van der Waals surface area contributed by atoms with Crippen LogP contribution in [0.2, 0.25) is 0 Å². The molecule has 1 atom stereocenters. The SMILES string of the molecule is CCOc1ccccc1CNC(=O)N1CCCCC1c1nnc2n1CCCC2. The van der Waals surface area contributed by atoms with E-state index in [1.165, 1.54) is 6.42 Å². The van der Waals surface area contributed by atoms with Gasteiger partial charge in [-0.2, -0.15) is 0 Å². The van der Waals surface area contributed by atoms with E-state index >= 15 is 0 Å². The molecular weight excluding hydrogens is 354 g/mol. The summed E-state index contributed by atoms with van der Waals surface area (Å²) < 4.78 is 7.91. The fraction of sp³-hybridized carbons (Fsp3) is 0.571. The number of ether oxygens (including phenoxy) is 1. The highest BCUT2D eigenvalue weighted by molar-refractivity contribution is 5.74. The van der Waals surface area contributed by atoms with Crippen LogP contribution in [0.15, 0.2) is 24.3 Å². The molecule has 4 rings (SSSR count). The Morgan fingerprint density at radius 1 is 1.18 bits per heavy atom. The van der Waals surface area contributed by atoms with Gasteiger partial charge in [0.25, 0.3) is 0 Å². The second kappa shape index (κ2) is 8.63. The molecule has 2 aliphatic rings. The van der Waals surface area contributed by atoms with Crippen molar-refractivity contribution in [3.8, 4) is 5.75 Å². The molecule has 150 valence electrons. The van der Waals surface area contributed by atoms with Gasteiger partial charge in [0.15, 0.2) is 5.82 Å². The average molecular weight is 383 g/mol. The number of benzene rings is 1. The average Bonchev–Trinajstić information content (AvgIpc) is 3.17. The minimum absolute atomic E-state index is 0.00948. The standard InChI is InChI=1S/C21H29N5O2/c1-2-28-18-11-4-3-9-16(18)15-22-21(27)25-13-7-5-10-17(25)20-24-23-19-12-6-8-14-26(19)20/h3-4,9,11,17H,2,5-8,10,12-15H2,1H3,(H,22,27). The molecule has 1 saturated heterocycles. The lowest BCUT2D eigenvalue weighted by Gasteiger charge is -2.35. The summed E-state index contributed by atoms with van der Waals surface area (Å²) >= 11 is 0. The maximum absolute atomic E-state index is 13.0. The van der Waals surface area contributed by atoms with Crippen molar-refractivity contribution in [3.63, 3.8) is 0 Å². The number of likely N-dealkylation sites (tertiary alicyclic amines) is 1. The van der Waals surface area contributed by atoms with Crippen LogP contribution in [0.3, 0.4) is 0 Å². The van der Waals surface area contributed by atoms with Crippen LogP contribution in [0.1, 0.15) is 62.3 Å². The Morgan fingerprint density at radius 2 is 2.04 bits per heavy atom. The van der Waals surface area contributed by atoms with Crippen molar-refractivity contribution in [1.29, 1.82) is 0 Å². The number of urea groups is 1. The van der Waals surface area contributed by atoms with Crippen LogP contribution in [-0.2, 0) is 19.5 Å². The lowest BCUT2D eigenvalue weighted by Crippen LogP contribution is -2.45. The molecule has 0 radical (unpaired) electrons. The molecule has 0 aliphatic carbocycles. The second-order valence-corrected chi connectivity index (χ2v) is 7.49. The third-order valence-corrected chi connectivity index (χ3v) is 5.65. The molecule has 3 heterocycles. The Kier molecular flexibility index (Phi) is 5.78. The summed E-state index contributed by atoms with van der Waals surface area (Å²) in [7, 11) is 0. The molecule has 1 aromatic heterocycles. The fourth-order valence-corrected chi connectivity index (χ4v) is 4.24. The first-order valence-corrected chi connectivity index (χ1v) is 10.4. The van der Waals surface area contributed by atoms with Crippen LogP contribution in [0.4, 0.5) is 4.79 Å². The molecule has 2 aromatic rings. The third kappa shape index (κ3) is 3.84. The Bertz CT molecular complexity index is 819. The maximum Gasteiger partial charge on any atom is 0.318 e. The first kappa shape index (κ1) is 18.8. The summed E-state index contributed by atoms with van der Waals surface area (Å²) in [5, 5.41) is 12.0. The van der Waals surface area contributed by atoms with E-state index in [9.17, 15) is 4.79 Å². The summed E-state index contributed by atoms with van der Waals surface area (Å²) in [6, 6.07) is 7.83. The number of rotatable bonds is 5. The molecule has 0 spiro atoms. The number of fused-ring (bicyclic) bond motifs is 1. The molecule has 2 amide bonds. The van der Waals surface area contributed by atoms with E-state index in [0.29, 0.717) is 13.2 Å². The van der Waals surface area contributed by atoms with E-state index in [2.05, 4.69) is 20.1 Å². The van der Waals surface area contributed by atoms with Gasteiger partial charge in [-0.15, -0.1) is 10.2 Å². The van der Waals surface area contributed by atoms with Crippen molar-refractivity contribution in [1.82, 2.24) is 25.0 Å². The summed E-state index contributed by atoms with van der Waals surface area (Å²) in [4.78, 5) is 15.0. The minimum atomic E-state index is -0.0378. The largest absolute Gasteiger partial charge is 0.494 e. The number of amides is 2. The molecule has 7 nitrogen and oxygen atoms in total. The number of aryl methyl sites for hydroxylation is 1. The van der Waals surface area contributed by atoms with E-state index in [0.717, 1.165) is 68.2 Å². The monoisotopic (exact) mass is 383 g/mol. The zero-order chi connectivity index (χ0) is 19.3. The molecule has 0 bridgehead atoms. The molecular formula is C21H29N5O2. The van der Waals surface area contributed by atoms with E-state index in [1.54, 1.807) is 0 Å². The van der Waals surface area contributed by atoms with E-state index in [4.69, 9.17) is 4.74 Å². The van der Waals surface area contributed by atoms with Gasteiger partial charge >= 0.3 is 6.03 Å². The Labute approximate surface area is 166 Å². The van der Waals surface area contributed by atoms with Gasteiger partial charge in [0, 0.05) is 31.6 Å². The third-order valence-electron chi connectivity index (χ3n) is 5.65. The zero-order valence-corrected chi connectivity index (χ0v) is 16.6.